The van der Waals surface area contributed by atoms with Gasteiger partial charge < -0.3 is 14.2 Å². The van der Waals surface area contributed by atoms with Crippen LogP contribution in [-0.2, 0) is 14.2 Å². The van der Waals surface area contributed by atoms with E-state index < -0.39 is 0 Å². The van der Waals surface area contributed by atoms with Crippen LogP contribution in [0.5, 0.6) is 0 Å². The Morgan fingerprint density at radius 3 is 2.70 bits per heavy atom. The number of hydrogen-bond acceptors (Lipinski definition) is 3. The minimum absolute atomic E-state index is 0.362. The first-order valence-corrected chi connectivity index (χ1v) is 3.16. The Labute approximate surface area is 61.6 Å². The zero-order valence-corrected chi connectivity index (χ0v) is 6.50. The molecule has 60 valence electrons. The molecule has 3 nitrogen and oxygen atoms in total. The first kappa shape index (κ1) is 9.46. The van der Waals surface area contributed by atoms with Crippen molar-refractivity contribution < 1.29 is 14.2 Å². The van der Waals surface area contributed by atoms with E-state index in [-0.39, 0.29) is 0 Å². The summed E-state index contributed by atoms with van der Waals surface area (Å²) in [5.41, 5.74) is 0. The van der Waals surface area contributed by atoms with E-state index in [0.29, 0.717) is 13.4 Å². The zero-order chi connectivity index (χ0) is 7.66. The fraction of sp³-hybridized carbons (Fsp3) is 0.714. The molecule has 0 unspecified atom stereocenters. The Hall–Kier alpha value is -0.540. The predicted octanol–water partition coefficient (Wildman–Crippen LogP) is 1.16. The third kappa shape index (κ3) is 7.46. The number of rotatable bonds is 6. The summed E-state index contributed by atoms with van der Waals surface area (Å²) in [5.74, 6) is 0. The highest BCUT2D eigenvalue weighted by Crippen LogP contribution is 1.85. The van der Waals surface area contributed by atoms with Gasteiger partial charge in [-0.05, 0) is 12.5 Å². The van der Waals surface area contributed by atoms with Crippen molar-refractivity contribution in [3.05, 3.63) is 12.3 Å². The lowest BCUT2D eigenvalue weighted by molar-refractivity contribution is -0.0286. The van der Waals surface area contributed by atoms with Crippen LogP contribution in [0.4, 0.5) is 0 Å². The SMILES string of the molecule is COC=CCCOCOC. The molecular weight excluding hydrogens is 132 g/mol. The molecule has 0 spiro atoms. The summed E-state index contributed by atoms with van der Waals surface area (Å²) in [5, 5.41) is 0. The van der Waals surface area contributed by atoms with Crippen LogP contribution in [0.3, 0.4) is 0 Å². The van der Waals surface area contributed by atoms with Gasteiger partial charge in [0.1, 0.15) is 6.79 Å². The van der Waals surface area contributed by atoms with Gasteiger partial charge in [0, 0.05) is 7.11 Å². The van der Waals surface area contributed by atoms with Gasteiger partial charge in [0.2, 0.25) is 0 Å². The van der Waals surface area contributed by atoms with Gasteiger partial charge >= 0.3 is 0 Å². The van der Waals surface area contributed by atoms with E-state index in [1.165, 1.54) is 0 Å². The first-order valence-electron chi connectivity index (χ1n) is 3.16. The Morgan fingerprint density at radius 2 is 2.10 bits per heavy atom. The minimum atomic E-state index is 0.362. The molecule has 0 N–H and O–H groups in total. The predicted molar refractivity (Wildman–Crippen MR) is 38.6 cm³/mol. The molecule has 0 aromatic carbocycles. The number of methoxy groups -OCH3 is 2. The molecular formula is C7H14O3. The average Bonchev–Trinajstić information content (AvgIpc) is 1.97. The van der Waals surface area contributed by atoms with E-state index in [4.69, 9.17) is 4.74 Å². The normalized spacial score (nSPS) is 10.6. The molecule has 0 aliphatic carbocycles. The Kier molecular flexibility index (Phi) is 8.00. The van der Waals surface area contributed by atoms with E-state index in [0.717, 1.165) is 6.42 Å². The van der Waals surface area contributed by atoms with Crippen LogP contribution in [0.1, 0.15) is 6.42 Å². The third-order valence-electron chi connectivity index (χ3n) is 0.862. The van der Waals surface area contributed by atoms with Crippen LogP contribution in [0.25, 0.3) is 0 Å². The smallest absolute Gasteiger partial charge is 0.146 e. The Balaban J connectivity index is 2.83. The summed E-state index contributed by atoms with van der Waals surface area (Å²) in [6.07, 6.45) is 4.39. The molecule has 0 saturated heterocycles. The van der Waals surface area contributed by atoms with Gasteiger partial charge in [0.05, 0.1) is 20.0 Å². The van der Waals surface area contributed by atoms with Crippen LogP contribution in [0.2, 0.25) is 0 Å². The fourth-order valence-corrected chi connectivity index (χ4v) is 0.458. The van der Waals surface area contributed by atoms with Gasteiger partial charge in [-0.3, -0.25) is 0 Å². The van der Waals surface area contributed by atoms with Gasteiger partial charge in [-0.1, -0.05) is 0 Å². The third-order valence-corrected chi connectivity index (χ3v) is 0.862. The van der Waals surface area contributed by atoms with Crippen LogP contribution < -0.4 is 0 Å². The quantitative estimate of drug-likeness (QED) is 0.319. The van der Waals surface area contributed by atoms with Gasteiger partial charge in [0.15, 0.2) is 0 Å². The number of ether oxygens (including phenoxy) is 3. The Morgan fingerprint density at radius 1 is 1.30 bits per heavy atom. The highest BCUT2D eigenvalue weighted by Gasteiger charge is 1.81. The van der Waals surface area contributed by atoms with Crippen molar-refractivity contribution in [3.8, 4) is 0 Å². The van der Waals surface area contributed by atoms with Crippen molar-refractivity contribution in [2.75, 3.05) is 27.6 Å². The monoisotopic (exact) mass is 146 g/mol. The molecule has 0 aliphatic rings. The highest BCUT2D eigenvalue weighted by atomic mass is 16.7. The molecule has 0 aliphatic heterocycles. The average molecular weight is 146 g/mol. The van der Waals surface area contributed by atoms with Crippen LogP contribution in [-0.4, -0.2) is 27.6 Å². The van der Waals surface area contributed by atoms with Gasteiger partial charge in [-0.25, -0.2) is 0 Å². The van der Waals surface area contributed by atoms with Crippen molar-refractivity contribution in [2.45, 2.75) is 6.42 Å². The second kappa shape index (κ2) is 8.46. The molecule has 0 atom stereocenters. The van der Waals surface area contributed by atoms with E-state index in [2.05, 4.69) is 9.47 Å². The molecule has 0 radical (unpaired) electrons. The lowest BCUT2D eigenvalue weighted by atomic mass is 10.4. The second-order valence-corrected chi connectivity index (χ2v) is 1.71. The molecule has 0 aromatic heterocycles. The summed E-state index contributed by atoms with van der Waals surface area (Å²) in [7, 11) is 3.22. The molecule has 0 aromatic rings. The molecule has 0 fully saturated rings. The maximum absolute atomic E-state index is 5.00. The molecule has 10 heavy (non-hydrogen) atoms. The lowest BCUT2D eigenvalue weighted by Crippen LogP contribution is -1.96. The van der Waals surface area contributed by atoms with E-state index in [9.17, 15) is 0 Å². The molecule has 3 heteroatoms. The van der Waals surface area contributed by atoms with Gasteiger partial charge in [0.25, 0.3) is 0 Å². The summed E-state index contributed by atoms with van der Waals surface area (Å²) in [6.45, 7) is 1.04. The summed E-state index contributed by atoms with van der Waals surface area (Å²) < 4.78 is 14.4. The van der Waals surface area contributed by atoms with Crippen LogP contribution in [0, 0.1) is 0 Å². The summed E-state index contributed by atoms with van der Waals surface area (Å²) in [4.78, 5) is 0. The summed E-state index contributed by atoms with van der Waals surface area (Å²) >= 11 is 0. The topological polar surface area (TPSA) is 27.7 Å². The lowest BCUT2D eigenvalue weighted by Gasteiger charge is -1.97. The maximum atomic E-state index is 5.00. The largest absolute Gasteiger partial charge is 0.505 e. The van der Waals surface area contributed by atoms with Gasteiger partial charge in [-0.15, -0.1) is 0 Å². The van der Waals surface area contributed by atoms with Crippen LogP contribution >= 0.6 is 0 Å². The standard InChI is InChI=1S/C7H14O3/c1-8-5-3-4-6-10-7-9-2/h3,5H,4,6-7H2,1-2H3. The van der Waals surface area contributed by atoms with E-state index >= 15 is 0 Å². The first-order chi connectivity index (χ1) is 4.91. The van der Waals surface area contributed by atoms with E-state index in [1.54, 1.807) is 20.5 Å². The van der Waals surface area contributed by atoms with Crippen molar-refractivity contribution in [3.63, 3.8) is 0 Å². The minimum Gasteiger partial charge on any atom is -0.505 e. The van der Waals surface area contributed by atoms with Crippen molar-refractivity contribution in [1.29, 1.82) is 0 Å². The molecule has 0 rings (SSSR count). The molecule has 0 bridgehead atoms. The highest BCUT2D eigenvalue weighted by molar-refractivity contribution is 4.71. The summed E-state index contributed by atoms with van der Waals surface area (Å²) in [6, 6.07) is 0. The molecule has 0 saturated carbocycles. The van der Waals surface area contributed by atoms with Crippen molar-refractivity contribution in [2.24, 2.45) is 0 Å². The van der Waals surface area contributed by atoms with Crippen molar-refractivity contribution >= 4 is 0 Å². The van der Waals surface area contributed by atoms with Gasteiger partial charge in [-0.2, -0.15) is 0 Å². The zero-order valence-electron chi connectivity index (χ0n) is 6.50. The second-order valence-electron chi connectivity index (χ2n) is 1.71. The number of hydrogen-bond donors (Lipinski definition) is 0. The fourth-order valence-electron chi connectivity index (χ4n) is 0.458. The van der Waals surface area contributed by atoms with Crippen LogP contribution in [0.15, 0.2) is 12.3 Å². The maximum Gasteiger partial charge on any atom is 0.146 e. The molecule has 0 heterocycles. The molecule has 0 amide bonds. The Bertz CT molecular complexity index is 80.9. The van der Waals surface area contributed by atoms with Crippen molar-refractivity contribution in [1.82, 2.24) is 0 Å². The van der Waals surface area contributed by atoms with E-state index in [1.807, 2.05) is 6.08 Å².